The molecule has 6 nitrogen and oxygen atoms in total. The van der Waals surface area contributed by atoms with Crippen LogP contribution < -0.4 is 5.32 Å². The lowest BCUT2D eigenvalue weighted by atomic mass is 9.95. The van der Waals surface area contributed by atoms with Gasteiger partial charge in [0.2, 0.25) is 5.91 Å². The number of nitrogens with zero attached hydrogens (tertiary/aromatic N) is 2. The fraction of sp³-hybridized carbons (Fsp3) is 0.333. The monoisotopic (exact) mass is 397 g/mol. The van der Waals surface area contributed by atoms with E-state index in [1.165, 1.54) is 0 Å². The Morgan fingerprint density at radius 1 is 1.11 bits per heavy atom. The number of hydrogen-bond acceptors (Lipinski definition) is 4. The molecule has 1 N–H and O–H groups in total. The second-order valence-corrected chi connectivity index (χ2v) is 9.03. The van der Waals surface area contributed by atoms with Crippen LogP contribution in [0.3, 0.4) is 0 Å². The van der Waals surface area contributed by atoms with Gasteiger partial charge in [-0.25, -0.2) is 0 Å². The molecule has 0 atom stereocenters. The van der Waals surface area contributed by atoms with Crippen molar-refractivity contribution >= 4 is 27.5 Å². The van der Waals surface area contributed by atoms with Crippen LogP contribution in [0.15, 0.2) is 51.8 Å². The Bertz CT molecular complexity index is 1070. The lowest BCUT2D eigenvalue weighted by Crippen LogP contribution is -2.41. The average Bonchev–Trinajstić information content (AvgIpc) is 2.96. The Morgan fingerprint density at radius 3 is 2.57 bits per heavy atom. The van der Waals surface area contributed by atoms with E-state index in [-0.39, 0.29) is 16.7 Å². The molecule has 0 aliphatic carbocycles. The first-order valence-electron chi connectivity index (χ1n) is 9.42. The standard InChI is InChI=1S/C21H23N3O3S/c1-14-7-8-15(2)18(13-14)22-21(25)16-9-11-24(12-10-16)20-17-5-3-4-6-19(17)28(26,27)23-20/h3-8,13,16H,9-12H2,1-2H3,(H,22,25). The van der Waals surface area contributed by atoms with Crippen molar-refractivity contribution in [3.8, 4) is 0 Å². The van der Waals surface area contributed by atoms with E-state index in [2.05, 4.69) is 9.71 Å². The number of nitrogens with one attached hydrogen (secondary N) is 1. The largest absolute Gasteiger partial charge is 0.355 e. The van der Waals surface area contributed by atoms with Crippen molar-refractivity contribution in [1.82, 2.24) is 4.90 Å². The fourth-order valence-electron chi connectivity index (χ4n) is 3.78. The molecule has 0 spiro atoms. The van der Waals surface area contributed by atoms with Gasteiger partial charge in [-0.2, -0.15) is 8.42 Å². The number of likely N-dealkylation sites (tertiary alicyclic amines) is 1. The third kappa shape index (κ3) is 3.42. The third-order valence-electron chi connectivity index (χ3n) is 5.43. The average molecular weight is 398 g/mol. The van der Waals surface area contributed by atoms with E-state index in [0.29, 0.717) is 37.3 Å². The first-order chi connectivity index (χ1) is 13.3. The van der Waals surface area contributed by atoms with Crippen LogP contribution in [-0.4, -0.2) is 38.2 Å². The molecule has 28 heavy (non-hydrogen) atoms. The highest BCUT2D eigenvalue weighted by Crippen LogP contribution is 2.30. The Hall–Kier alpha value is -2.67. The normalized spacial score (nSPS) is 18.5. The number of anilines is 1. The number of rotatable bonds is 2. The molecule has 0 aromatic heterocycles. The van der Waals surface area contributed by atoms with Gasteiger partial charge in [0, 0.05) is 30.3 Å². The van der Waals surface area contributed by atoms with Gasteiger partial charge in [-0.15, -0.1) is 4.40 Å². The molecule has 2 heterocycles. The summed E-state index contributed by atoms with van der Waals surface area (Å²) in [5.74, 6) is 0.434. The summed E-state index contributed by atoms with van der Waals surface area (Å²) in [7, 11) is -3.62. The van der Waals surface area contributed by atoms with Gasteiger partial charge in [0.1, 0.15) is 4.90 Å². The number of aryl methyl sites for hydroxylation is 2. The second kappa shape index (κ2) is 7.05. The van der Waals surface area contributed by atoms with Crippen LogP contribution in [0.1, 0.15) is 29.5 Å². The molecule has 7 heteroatoms. The van der Waals surface area contributed by atoms with Crippen molar-refractivity contribution in [1.29, 1.82) is 0 Å². The zero-order chi connectivity index (χ0) is 19.9. The van der Waals surface area contributed by atoms with E-state index in [9.17, 15) is 13.2 Å². The number of piperidine rings is 1. The first-order valence-corrected chi connectivity index (χ1v) is 10.9. The number of hydrogen-bond donors (Lipinski definition) is 1. The van der Waals surface area contributed by atoms with Crippen molar-refractivity contribution in [2.75, 3.05) is 18.4 Å². The first kappa shape index (κ1) is 18.7. The predicted octanol–water partition coefficient (Wildman–Crippen LogP) is 3.10. The Balaban J connectivity index is 1.44. The van der Waals surface area contributed by atoms with Crippen molar-refractivity contribution in [3.05, 3.63) is 59.2 Å². The van der Waals surface area contributed by atoms with Gasteiger partial charge in [-0.05, 0) is 56.0 Å². The zero-order valence-corrected chi connectivity index (χ0v) is 16.8. The quantitative estimate of drug-likeness (QED) is 0.845. The molecule has 0 bridgehead atoms. The molecule has 2 aromatic rings. The van der Waals surface area contributed by atoms with Gasteiger partial charge in [-0.1, -0.05) is 24.3 Å². The second-order valence-electron chi connectivity index (χ2n) is 7.46. The molecule has 146 valence electrons. The summed E-state index contributed by atoms with van der Waals surface area (Å²) >= 11 is 0. The number of amidine groups is 1. The SMILES string of the molecule is Cc1ccc(C)c(NC(=O)C2CCN(C3=NS(=O)(=O)c4ccccc43)CC2)c1. The molecule has 2 aliphatic heterocycles. The van der Waals surface area contributed by atoms with Crippen LogP contribution in [0.2, 0.25) is 0 Å². The summed E-state index contributed by atoms with van der Waals surface area (Å²) in [5, 5.41) is 3.05. The van der Waals surface area contributed by atoms with Crippen LogP contribution >= 0.6 is 0 Å². The van der Waals surface area contributed by atoms with Crippen molar-refractivity contribution in [3.63, 3.8) is 0 Å². The molecule has 1 fully saturated rings. The summed E-state index contributed by atoms with van der Waals surface area (Å²) in [4.78, 5) is 14.9. The minimum absolute atomic E-state index is 0.0229. The number of sulfonamides is 1. The minimum Gasteiger partial charge on any atom is -0.355 e. The topological polar surface area (TPSA) is 78.8 Å². The van der Waals surface area contributed by atoms with Crippen LogP contribution in [0.25, 0.3) is 0 Å². The molecule has 0 radical (unpaired) electrons. The van der Waals surface area contributed by atoms with Gasteiger partial charge in [0.15, 0.2) is 5.84 Å². The maximum Gasteiger partial charge on any atom is 0.285 e. The van der Waals surface area contributed by atoms with Gasteiger partial charge in [0.05, 0.1) is 0 Å². The van der Waals surface area contributed by atoms with Gasteiger partial charge < -0.3 is 10.2 Å². The van der Waals surface area contributed by atoms with Gasteiger partial charge >= 0.3 is 0 Å². The summed E-state index contributed by atoms with van der Waals surface area (Å²) in [6, 6.07) is 12.9. The minimum atomic E-state index is -3.62. The number of fused-ring (bicyclic) bond motifs is 1. The van der Waals surface area contributed by atoms with Crippen LogP contribution in [0.5, 0.6) is 0 Å². The highest BCUT2D eigenvalue weighted by atomic mass is 32.2. The Morgan fingerprint density at radius 2 is 1.82 bits per heavy atom. The van der Waals surface area contributed by atoms with Crippen LogP contribution in [-0.2, 0) is 14.8 Å². The fourth-order valence-corrected chi connectivity index (χ4v) is 5.00. The van der Waals surface area contributed by atoms with Crippen molar-refractivity contribution in [2.24, 2.45) is 10.3 Å². The van der Waals surface area contributed by atoms with Crippen molar-refractivity contribution in [2.45, 2.75) is 31.6 Å². The maximum atomic E-state index is 12.7. The van der Waals surface area contributed by atoms with E-state index in [1.54, 1.807) is 18.2 Å². The molecule has 4 rings (SSSR count). The number of benzene rings is 2. The molecule has 0 saturated carbocycles. The summed E-state index contributed by atoms with van der Waals surface area (Å²) in [6.45, 7) is 5.19. The van der Waals surface area contributed by atoms with E-state index in [1.807, 2.05) is 43.0 Å². The predicted molar refractivity (Wildman–Crippen MR) is 109 cm³/mol. The highest BCUT2D eigenvalue weighted by molar-refractivity contribution is 7.90. The number of carbonyl (C=O) groups excluding carboxylic acids is 1. The molecular formula is C21H23N3O3S. The molecule has 1 amide bonds. The lowest BCUT2D eigenvalue weighted by Gasteiger charge is -2.32. The molecular weight excluding hydrogens is 374 g/mol. The van der Waals surface area contributed by atoms with Crippen LogP contribution in [0, 0.1) is 19.8 Å². The maximum absolute atomic E-state index is 12.7. The zero-order valence-electron chi connectivity index (χ0n) is 16.0. The molecule has 0 unspecified atom stereocenters. The molecule has 2 aliphatic rings. The summed E-state index contributed by atoms with van der Waals surface area (Å²) in [6.07, 6.45) is 1.33. The van der Waals surface area contributed by atoms with E-state index < -0.39 is 10.0 Å². The Kier molecular flexibility index (Phi) is 4.71. The highest BCUT2D eigenvalue weighted by Gasteiger charge is 2.34. The van der Waals surface area contributed by atoms with Gasteiger partial charge in [0.25, 0.3) is 10.0 Å². The van der Waals surface area contributed by atoms with E-state index in [0.717, 1.165) is 16.8 Å². The number of carbonyl (C=O) groups is 1. The molecule has 1 saturated heterocycles. The van der Waals surface area contributed by atoms with E-state index in [4.69, 9.17) is 0 Å². The summed E-state index contributed by atoms with van der Waals surface area (Å²) in [5.41, 5.74) is 3.65. The van der Waals surface area contributed by atoms with Crippen molar-refractivity contribution < 1.29 is 13.2 Å². The number of amides is 1. The van der Waals surface area contributed by atoms with E-state index >= 15 is 0 Å². The summed E-state index contributed by atoms with van der Waals surface area (Å²) < 4.78 is 28.5. The van der Waals surface area contributed by atoms with Gasteiger partial charge in [-0.3, -0.25) is 4.79 Å². The van der Waals surface area contributed by atoms with Crippen LogP contribution in [0.4, 0.5) is 5.69 Å². The third-order valence-corrected chi connectivity index (χ3v) is 6.75. The Labute approximate surface area is 165 Å². The smallest absolute Gasteiger partial charge is 0.285 e. The molecule has 2 aromatic carbocycles. The lowest BCUT2D eigenvalue weighted by molar-refractivity contribution is -0.121.